The van der Waals surface area contributed by atoms with Gasteiger partial charge in [-0.05, 0) is 42.1 Å². The van der Waals surface area contributed by atoms with Crippen LogP contribution in [-0.2, 0) is 17.9 Å². The van der Waals surface area contributed by atoms with Gasteiger partial charge in [-0.25, -0.2) is 8.78 Å². The first kappa shape index (κ1) is 27.6. The molecular weight excluding hydrogens is 536 g/mol. The van der Waals surface area contributed by atoms with Gasteiger partial charge in [-0.15, -0.1) is 12.4 Å². The van der Waals surface area contributed by atoms with E-state index in [1.54, 1.807) is 32.4 Å². The number of carbonyl (C=O) groups excluding carboxylic acids is 1. The first-order valence-corrected chi connectivity index (χ1v) is 11.0. The number of rotatable bonds is 9. The quantitative estimate of drug-likeness (QED) is 0.490. The number of pyridine rings is 1. The molecule has 3 rings (SSSR count). The van der Waals surface area contributed by atoms with Gasteiger partial charge in [-0.1, -0.05) is 6.08 Å². The number of carbonyl (C=O) groups is 1. The number of aromatic nitrogens is 3. The van der Waals surface area contributed by atoms with Gasteiger partial charge in [0.05, 0.1) is 50.0 Å². The molecule has 1 amide bonds. The molecule has 2 unspecified atom stereocenters. The number of nitrogens with one attached hydrogen (secondary N) is 2. The average Bonchev–Trinajstić information content (AvgIpc) is 2.79. The van der Waals surface area contributed by atoms with Crippen molar-refractivity contribution in [3.05, 3.63) is 74.4 Å². The van der Waals surface area contributed by atoms with E-state index < -0.39 is 17.9 Å². The second kappa shape index (κ2) is 12.7. The van der Waals surface area contributed by atoms with Crippen molar-refractivity contribution >= 4 is 34.2 Å². The highest BCUT2D eigenvalue weighted by Crippen LogP contribution is 2.26. The molecule has 2 aromatic heterocycles. The molecule has 1 aliphatic rings. The molecule has 0 fully saturated rings. The third-order valence-corrected chi connectivity index (χ3v) is 5.69. The van der Waals surface area contributed by atoms with E-state index in [4.69, 9.17) is 4.74 Å². The Labute approximate surface area is 210 Å². The zero-order valence-electron chi connectivity index (χ0n) is 18.6. The highest BCUT2D eigenvalue weighted by Gasteiger charge is 2.22. The van der Waals surface area contributed by atoms with Crippen LogP contribution in [0.4, 0.5) is 8.78 Å². The van der Waals surface area contributed by atoms with Crippen molar-refractivity contribution in [2.75, 3.05) is 20.2 Å². The summed E-state index contributed by atoms with van der Waals surface area (Å²) < 4.78 is 34.4. The molecule has 8 nitrogen and oxygen atoms in total. The Morgan fingerprint density at radius 3 is 2.65 bits per heavy atom. The lowest BCUT2D eigenvalue weighted by Gasteiger charge is -2.20. The number of allylic oxidation sites excluding steroid dienone is 3. The minimum atomic E-state index is -1.49. The number of halogens is 4. The number of aryl methyl sites for hydroxylation is 1. The fraction of sp³-hybridized carbons (Fsp3) is 0.364. The molecule has 184 valence electrons. The second-order valence-corrected chi connectivity index (χ2v) is 8.28. The van der Waals surface area contributed by atoms with Gasteiger partial charge in [-0.3, -0.25) is 19.6 Å². The maximum absolute atomic E-state index is 14.0. The van der Waals surface area contributed by atoms with E-state index in [1.165, 1.54) is 16.7 Å². The number of alkyl halides is 1. The summed E-state index contributed by atoms with van der Waals surface area (Å²) in [5.41, 5.74) is 1.44. The van der Waals surface area contributed by atoms with Crippen LogP contribution in [0.25, 0.3) is 0 Å². The van der Waals surface area contributed by atoms with Gasteiger partial charge >= 0.3 is 0 Å². The third-order valence-electron chi connectivity index (χ3n) is 4.96. The summed E-state index contributed by atoms with van der Waals surface area (Å²) in [6, 6.07) is 1.67. The van der Waals surface area contributed by atoms with Crippen molar-refractivity contribution in [1.29, 1.82) is 0 Å². The maximum Gasteiger partial charge on any atom is 0.269 e. The summed E-state index contributed by atoms with van der Waals surface area (Å²) >= 11 is 3.26. The smallest absolute Gasteiger partial charge is 0.269 e. The fourth-order valence-corrected chi connectivity index (χ4v) is 3.57. The van der Waals surface area contributed by atoms with E-state index in [1.807, 2.05) is 0 Å². The Morgan fingerprint density at radius 1 is 1.29 bits per heavy atom. The molecule has 0 aromatic carbocycles. The number of nitrogens with zero attached hydrogens (tertiary/aromatic N) is 3. The van der Waals surface area contributed by atoms with Crippen LogP contribution in [0.5, 0.6) is 5.75 Å². The third kappa shape index (κ3) is 7.18. The van der Waals surface area contributed by atoms with Crippen LogP contribution < -0.4 is 20.9 Å². The zero-order valence-corrected chi connectivity index (χ0v) is 21.0. The van der Waals surface area contributed by atoms with Crippen molar-refractivity contribution in [2.24, 2.45) is 5.92 Å². The van der Waals surface area contributed by atoms with Crippen LogP contribution in [0.3, 0.4) is 0 Å². The van der Waals surface area contributed by atoms with Crippen molar-refractivity contribution in [2.45, 2.75) is 26.2 Å². The molecule has 1 aliphatic carbocycles. The average molecular weight is 561 g/mol. The minimum absolute atomic E-state index is 0. The van der Waals surface area contributed by atoms with Crippen LogP contribution in [-0.4, -0.2) is 46.8 Å². The SMILES string of the molecule is CNCC(=O)NCc1cnc(Cn2c(C)cc(OCC3C=CC(F)=CC3F)c(Br)c2=O)cn1.Cl. The van der Waals surface area contributed by atoms with Crippen molar-refractivity contribution in [1.82, 2.24) is 25.2 Å². The van der Waals surface area contributed by atoms with Gasteiger partial charge in [0.15, 0.2) is 0 Å². The van der Waals surface area contributed by atoms with Gasteiger partial charge in [0.1, 0.15) is 22.2 Å². The monoisotopic (exact) mass is 559 g/mol. The topological polar surface area (TPSA) is 98.1 Å². The summed E-state index contributed by atoms with van der Waals surface area (Å²) in [5.74, 6) is -1.13. The van der Waals surface area contributed by atoms with E-state index in [0.29, 0.717) is 17.1 Å². The lowest BCUT2D eigenvalue weighted by atomic mass is 9.99. The van der Waals surface area contributed by atoms with Crippen molar-refractivity contribution in [3.8, 4) is 5.75 Å². The predicted molar refractivity (Wildman–Crippen MR) is 130 cm³/mol. The van der Waals surface area contributed by atoms with Gasteiger partial charge in [0.25, 0.3) is 5.56 Å². The van der Waals surface area contributed by atoms with Crippen molar-refractivity contribution in [3.63, 3.8) is 0 Å². The Kier molecular flexibility index (Phi) is 10.3. The molecule has 0 radical (unpaired) electrons. The second-order valence-electron chi connectivity index (χ2n) is 7.49. The summed E-state index contributed by atoms with van der Waals surface area (Å²) in [4.78, 5) is 33.0. The molecule has 0 bridgehead atoms. The summed E-state index contributed by atoms with van der Waals surface area (Å²) in [6.07, 6.45) is 5.11. The normalized spacial score (nSPS) is 17.0. The van der Waals surface area contributed by atoms with E-state index in [9.17, 15) is 18.4 Å². The maximum atomic E-state index is 14.0. The highest BCUT2D eigenvalue weighted by atomic mass is 79.9. The largest absolute Gasteiger partial charge is 0.491 e. The number of ether oxygens (including phenoxy) is 1. The molecule has 2 heterocycles. The van der Waals surface area contributed by atoms with E-state index >= 15 is 0 Å². The molecule has 2 atom stereocenters. The molecule has 2 N–H and O–H groups in total. The Hall–Kier alpha value is -2.63. The van der Waals surface area contributed by atoms with E-state index in [2.05, 4.69) is 36.5 Å². The van der Waals surface area contributed by atoms with Crippen LogP contribution >= 0.6 is 28.3 Å². The van der Waals surface area contributed by atoms with Gasteiger partial charge < -0.3 is 19.9 Å². The summed E-state index contributed by atoms with van der Waals surface area (Å²) in [5, 5.41) is 5.47. The van der Waals surface area contributed by atoms with E-state index in [-0.39, 0.29) is 60.3 Å². The van der Waals surface area contributed by atoms with Gasteiger partial charge in [0.2, 0.25) is 5.91 Å². The van der Waals surface area contributed by atoms with Crippen LogP contribution in [0.15, 0.2) is 51.8 Å². The molecule has 0 aliphatic heterocycles. The zero-order chi connectivity index (χ0) is 24.0. The predicted octanol–water partition coefficient (Wildman–Crippen LogP) is 2.77. The Morgan fingerprint density at radius 2 is 2.00 bits per heavy atom. The Balaban J connectivity index is 0.00000408. The van der Waals surface area contributed by atoms with E-state index in [0.717, 1.165) is 6.08 Å². The standard InChI is InChI=1S/C22H24BrF2N5O3.ClH/c1-13-5-19(33-12-14-3-4-15(24)6-18(14)25)21(23)22(32)30(13)11-17-9-27-16(7-28-17)8-29-20(31)10-26-2;/h3-7,9,14,18,26H,8,10-12H2,1-2H3,(H,29,31);1H. The number of hydrogen-bond donors (Lipinski definition) is 2. The first-order valence-electron chi connectivity index (χ1n) is 10.2. The lowest BCUT2D eigenvalue weighted by molar-refractivity contribution is -0.120. The molecule has 0 saturated heterocycles. The van der Waals surface area contributed by atoms with Gasteiger partial charge in [0, 0.05) is 17.7 Å². The van der Waals surface area contributed by atoms with Crippen LogP contribution in [0.1, 0.15) is 17.1 Å². The Bertz CT molecular complexity index is 1120. The lowest BCUT2D eigenvalue weighted by Crippen LogP contribution is -2.32. The fourth-order valence-electron chi connectivity index (χ4n) is 3.13. The summed E-state index contributed by atoms with van der Waals surface area (Å²) in [7, 11) is 1.68. The molecule has 0 spiro atoms. The molecule has 0 saturated carbocycles. The number of likely N-dealkylation sites (N-methyl/N-ethyl adjacent to an activating group) is 1. The molecular formula is C22H25BrClF2N5O3. The van der Waals surface area contributed by atoms with Gasteiger partial charge in [-0.2, -0.15) is 0 Å². The highest BCUT2D eigenvalue weighted by molar-refractivity contribution is 9.10. The number of amides is 1. The molecule has 12 heteroatoms. The summed E-state index contributed by atoms with van der Waals surface area (Å²) in [6.45, 7) is 2.36. The van der Waals surface area contributed by atoms with Crippen molar-refractivity contribution < 1.29 is 18.3 Å². The van der Waals surface area contributed by atoms with Crippen LogP contribution in [0, 0.1) is 12.8 Å². The first-order chi connectivity index (χ1) is 15.8. The van der Waals surface area contributed by atoms with Crippen LogP contribution in [0.2, 0.25) is 0 Å². The number of hydrogen-bond acceptors (Lipinski definition) is 6. The minimum Gasteiger partial charge on any atom is -0.491 e. The molecule has 2 aromatic rings. The molecule has 34 heavy (non-hydrogen) atoms.